The molecule has 7 heteroatoms. The van der Waals surface area contributed by atoms with Gasteiger partial charge in [-0.2, -0.15) is 4.52 Å². The zero-order chi connectivity index (χ0) is 13.6. The van der Waals surface area contributed by atoms with Gasteiger partial charge in [-0.25, -0.2) is 9.97 Å². The SMILES string of the molecule is CCc1nc2c3c(nc(CC)n2n1)N(C)C(=O)CS3. The molecule has 3 heterocycles. The minimum atomic E-state index is 0.0756. The Morgan fingerprint density at radius 3 is 2.74 bits per heavy atom. The molecule has 1 aliphatic rings. The van der Waals surface area contributed by atoms with Crippen molar-refractivity contribution >= 4 is 29.1 Å². The Morgan fingerprint density at radius 2 is 2.05 bits per heavy atom. The lowest BCUT2D eigenvalue weighted by atomic mass is 10.4. The van der Waals surface area contributed by atoms with Gasteiger partial charge >= 0.3 is 0 Å². The highest BCUT2D eigenvalue weighted by atomic mass is 32.2. The maximum absolute atomic E-state index is 11.8. The first-order chi connectivity index (χ1) is 9.15. The second-order valence-corrected chi connectivity index (χ2v) is 5.38. The van der Waals surface area contributed by atoms with Crippen molar-refractivity contribution in [3.63, 3.8) is 0 Å². The Hall–Kier alpha value is -1.63. The van der Waals surface area contributed by atoms with E-state index in [1.54, 1.807) is 11.9 Å². The van der Waals surface area contributed by atoms with E-state index in [9.17, 15) is 4.79 Å². The molecule has 1 aliphatic heterocycles. The molecule has 6 nitrogen and oxygen atoms in total. The zero-order valence-electron chi connectivity index (χ0n) is 11.2. The lowest BCUT2D eigenvalue weighted by Gasteiger charge is -2.24. The summed E-state index contributed by atoms with van der Waals surface area (Å²) in [5.74, 6) is 2.86. The van der Waals surface area contributed by atoms with Crippen molar-refractivity contribution in [2.24, 2.45) is 0 Å². The van der Waals surface area contributed by atoms with Crippen LogP contribution in [0.1, 0.15) is 25.5 Å². The van der Waals surface area contributed by atoms with E-state index >= 15 is 0 Å². The largest absolute Gasteiger partial charge is 0.298 e. The number of carbonyl (C=O) groups is 1. The molecule has 0 bridgehead atoms. The van der Waals surface area contributed by atoms with Crippen LogP contribution in [0.4, 0.5) is 5.82 Å². The van der Waals surface area contributed by atoms with Gasteiger partial charge in [0.1, 0.15) is 5.82 Å². The van der Waals surface area contributed by atoms with Crippen LogP contribution in [0.25, 0.3) is 5.65 Å². The first-order valence-electron chi connectivity index (χ1n) is 6.33. The van der Waals surface area contributed by atoms with Gasteiger partial charge in [-0.3, -0.25) is 9.69 Å². The summed E-state index contributed by atoms with van der Waals surface area (Å²) in [5.41, 5.74) is 0.822. The third-order valence-corrected chi connectivity index (χ3v) is 4.25. The average Bonchev–Trinajstić information content (AvgIpc) is 2.86. The quantitative estimate of drug-likeness (QED) is 0.828. The van der Waals surface area contributed by atoms with E-state index in [-0.39, 0.29) is 5.91 Å². The van der Waals surface area contributed by atoms with Crippen LogP contribution in [0.15, 0.2) is 4.90 Å². The van der Waals surface area contributed by atoms with Crippen molar-refractivity contribution in [1.82, 2.24) is 19.6 Å². The molecule has 0 unspecified atom stereocenters. The molecular weight excluding hydrogens is 262 g/mol. The monoisotopic (exact) mass is 277 g/mol. The van der Waals surface area contributed by atoms with Crippen LogP contribution >= 0.6 is 11.8 Å². The fourth-order valence-electron chi connectivity index (χ4n) is 2.09. The highest BCUT2D eigenvalue weighted by Gasteiger charge is 2.27. The second kappa shape index (κ2) is 4.48. The van der Waals surface area contributed by atoms with Crippen LogP contribution in [0, 0.1) is 0 Å². The van der Waals surface area contributed by atoms with Gasteiger partial charge in [0.2, 0.25) is 5.91 Å². The average molecular weight is 277 g/mol. The number of aromatic nitrogens is 4. The molecule has 3 rings (SSSR count). The van der Waals surface area contributed by atoms with Crippen LogP contribution in [-0.4, -0.2) is 38.3 Å². The minimum Gasteiger partial charge on any atom is -0.298 e. The highest BCUT2D eigenvalue weighted by Crippen LogP contribution is 2.36. The molecular formula is C12H15N5OS. The summed E-state index contributed by atoms with van der Waals surface area (Å²) in [6.45, 7) is 4.06. The van der Waals surface area contributed by atoms with Gasteiger partial charge in [0.15, 0.2) is 17.3 Å². The van der Waals surface area contributed by atoms with Crippen molar-refractivity contribution in [3.05, 3.63) is 11.6 Å². The summed E-state index contributed by atoms with van der Waals surface area (Å²) in [5, 5.41) is 4.48. The summed E-state index contributed by atoms with van der Waals surface area (Å²) >= 11 is 1.50. The van der Waals surface area contributed by atoms with Crippen molar-refractivity contribution in [2.45, 2.75) is 31.6 Å². The van der Waals surface area contributed by atoms with Crippen LogP contribution in [0.5, 0.6) is 0 Å². The number of aryl methyl sites for hydroxylation is 2. The van der Waals surface area contributed by atoms with Gasteiger partial charge < -0.3 is 0 Å². The fraction of sp³-hybridized carbons (Fsp3) is 0.500. The highest BCUT2D eigenvalue weighted by molar-refractivity contribution is 8.00. The standard InChI is InChI=1S/C12H15N5OS/c1-4-7-13-12-10-11(16(3)9(18)6-19-10)14-8(5-2)17(12)15-7/h4-6H2,1-3H3. The maximum atomic E-state index is 11.8. The Morgan fingerprint density at radius 1 is 1.26 bits per heavy atom. The number of rotatable bonds is 2. The first kappa shape index (κ1) is 12.4. The smallest absolute Gasteiger partial charge is 0.238 e. The van der Waals surface area contributed by atoms with E-state index in [4.69, 9.17) is 0 Å². The van der Waals surface area contributed by atoms with Gasteiger partial charge in [-0.1, -0.05) is 13.8 Å². The molecule has 0 saturated carbocycles. The minimum absolute atomic E-state index is 0.0756. The fourth-order valence-corrected chi connectivity index (χ4v) is 3.12. The third kappa shape index (κ3) is 1.80. The van der Waals surface area contributed by atoms with Crippen LogP contribution in [0.3, 0.4) is 0 Å². The second-order valence-electron chi connectivity index (χ2n) is 4.39. The molecule has 0 N–H and O–H groups in total. The van der Waals surface area contributed by atoms with Gasteiger partial charge in [0.05, 0.1) is 10.6 Å². The number of thioether (sulfide) groups is 1. The Kier molecular flexibility index (Phi) is 2.93. The molecule has 0 radical (unpaired) electrons. The van der Waals surface area contributed by atoms with Crippen LogP contribution in [-0.2, 0) is 17.6 Å². The van der Waals surface area contributed by atoms with Crippen molar-refractivity contribution in [2.75, 3.05) is 17.7 Å². The van der Waals surface area contributed by atoms with E-state index < -0.39 is 0 Å². The van der Waals surface area contributed by atoms with Crippen molar-refractivity contribution in [1.29, 1.82) is 0 Å². The normalized spacial score (nSPS) is 15.1. The molecule has 19 heavy (non-hydrogen) atoms. The lowest BCUT2D eigenvalue weighted by molar-refractivity contribution is -0.116. The topological polar surface area (TPSA) is 63.4 Å². The molecule has 0 aromatic carbocycles. The molecule has 0 saturated heterocycles. The predicted octanol–water partition coefficient (Wildman–Crippen LogP) is 1.32. The maximum Gasteiger partial charge on any atom is 0.238 e. The van der Waals surface area contributed by atoms with Crippen molar-refractivity contribution < 1.29 is 4.79 Å². The number of anilines is 1. The Bertz CT molecular complexity index is 666. The van der Waals surface area contributed by atoms with E-state index in [1.807, 2.05) is 18.4 Å². The summed E-state index contributed by atoms with van der Waals surface area (Å²) < 4.78 is 1.81. The summed E-state index contributed by atoms with van der Waals surface area (Å²) in [4.78, 5) is 23.5. The van der Waals surface area contributed by atoms with Gasteiger partial charge in [0, 0.05) is 19.9 Å². The van der Waals surface area contributed by atoms with Crippen LogP contribution < -0.4 is 4.90 Å². The Balaban J connectivity index is 2.32. The summed E-state index contributed by atoms with van der Waals surface area (Å²) in [6, 6.07) is 0. The number of carbonyl (C=O) groups excluding carboxylic acids is 1. The molecule has 0 atom stereocenters. The van der Waals surface area contributed by atoms with Crippen molar-refractivity contribution in [3.8, 4) is 0 Å². The number of amides is 1. The molecule has 0 spiro atoms. The van der Waals surface area contributed by atoms with Gasteiger partial charge in [0.25, 0.3) is 0 Å². The molecule has 100 valence electrons. The zero-order valence-corrected chi connectivity index (χ0v) is 12.0. The number of fused-ring (bicyclic) bond motifs is 3. The predicted molar refractivity (Wildman–Crippen MR) is 73.7 cm³/mol. The number of hydrogen-bond acceptors (Lipinski definition) is 5. The Labute approximate surface area is 115 Å². The lowest BCUT2D eigenvalue weighted by Crippen LogP contribution is -2.33. The number of hydrogen-bond donors (Lipinski definition) is 0. The van der Waals surface area contributed by atoms with E-state index in [0.717, 1.165) is 35.0 Å². The van der Waals surface area contributed by atoms with Crippen LogP contribution in [0.2, 0.25) is 0 Å². The van der Waals surface area contributed by atoms with Gasteiger partial charge in [-0.15, -0.1) is 16.9 Å². The van der Waals surface area contributed by atoms with E-state index in [0.29, 0.717) is 11.6 Å². The molecule has 1 amide bonds. The van der Waals surface area contributed by atoms with E-state index in [2.05, 4.69) is 15.1 Å². The molecule has 0 aliphatic carbocycles. The van der Waals surface area contributed by atoms with E-state index in [1.165, 1.54) is 11.8 Å². The first-order valence-corrected chi connectivity index (χ1v) is 7.32. The number of nitrogens with zero attached hydrogens (tertiary/aromatic N) is 5. The molecule has 2 aromatic rings. The summed E-state index contributed by atoms with van der Waals surface area (Å²) in [7, 11) is 1.76. The summed E-state index contributed by atoms with van der Waals surface area (Å²) in [6.07, 6.45) is 1.54. The molecule has 0 fully saturated rings. The molecule has 2 aromatic heterocycles. The third-order valence-electron chi connectivity index (χ3n) is 3.20. The van der Waals surface area contributed by atoms with Gasteiger partial charge in [-0.05, 0) is 0 Å².